The number of unbranched alkanes of at least 4 members (excludes halogenated alkanes) is 2. The second-order valence-corrected chi connectivity index (χ2v) is 16.4. The van der Waals surface area contributed by atoms with Crippen LogP contribution >= 0.6 is 23.5 Å². The molecule has 17 heteroatoms. The highest BCUT2D eigenvalue weighted by atomic mass is 32.2. The second kappa shape index (κ2) is 23.1. The normalized spacial score (nSPS) is 24.3. The van der Waals surface area contributed by atoms with E-state index in [1.54, 1.807) is 7.11 Å². The summed E-state index contributed by atoms with van der Waals surface area (Å²) < 4.78 is 17.8. The molecule has 0 spiro atoms. The summed E-state index contributed by atoms with van der Waals surface area (Å²) >= 11 is 3.94. The van der Waals surface area contributed by atoms with E-state index in [-0.39, 0.29) is 36.0 Å². The number of methoxy groups -OCH3 is 1. The first kappa shape index (κ1) is 42.0. The molecule has 0 aromatic carbocycles. The maximum Gasteiger partial charge on any atom is 0.315 e. The minimum Gasteiger partial charge on any atom is -0.383 e. The van der Waals surface area contributed by atoms with Gasteiger partial charge in [-0.2, -0.15) is 23.5 Å². The van der Waals surface area contributed by atoms with Crippen molar-refractivity contribution in [2.75, 3.05) is 51.5 Å². The molecule has 0 bridgehead atoms. The molecule has 4 saturated heterocycles. The van der Waals surface area contributed by atoms with Gasteiger partial charge < -0.3 is 46.1 Å². The molecular weight excluding hydrogens is 707 g/mol. The highest BCUT2D eigenvalue weighted by Crippen LogP contribution is 2.34. The van der Waals surface area contributed by atoms with Gasteiger partial charge in [-0.3, -0.25) is 14.3 Å². The molecule has 0 aliphatic carbocycles. The van der Waals surface area contributed by atoms with Gasteiger partial charge in [0.1, 0.15) is 5.69 Å². The Kier molecular flexibility index (Phi) is 18.7. The number of ether oxygens (including phenoxy) is 3. The number of urea groups is 1. The van der Waals surface area contributed by atoms with E-state index < -0.39 is 0 Å². The molecule has 6 atom stereocenters. The molecule has 0 saturated carbocycles. The van der Waals surface area contributed by atoms with Crippen LogP contribution in [0.4, 0.5) is 4.79 Å². The molecule has 5 rings (SSSR count). The number of amides is 4. The average Bonchev–Trinajstić information content (AvgIpc) is 3.94. The van der Waals surface area contributed by atoms with Gasteiger partial charge in [-0.1, -0.05) is 24.6 Å². The highest BCUT2D eigenvalue weighted by Gasteiger charge is 2.42. The fourth-order valence-corrected chi connectivity index (χ4v) is 9.67. The lowest BCUT2D eigenvalue weighted by Crippen LogP contribution is -2.36. The van der Waals surface area contributed by atoms with Crippen molar-refractivity contribution >= 4 is 41.4 Å². The number of aryl methyl sites for hydroxylation is 1. The van der Waals surface area contributed by atoms with E-state index in [2.05, 4.69) is 48.8 Å². The van der Waals surface area contributed by atoms with Gasteiger partial charge >= 0.3 is 6.03 Å². The lowest BCUT2D eigenvalue weighted by Gasteiger charge is -2.17. The first-order valence-corrected chi connectivity index (χ1v) is 20.9. The summed E-state index contributed by atoms with van der Waals surface area (Å²) in [6.45, 7) is 12.0. The van der Waals surface area contributed by atoms with E-state index >= 15 is 0 Å². The minimum atomic E-state index is -0.0391. The Morgan fingerprint density at radius 2 is 1.54 bits per heavy atom. The molecule has 1 aromatic heterocycles. The van der Waals surface area contributed by atoms with Crippen LogP contribution in [0.1, 0.15) is 77.3 Å². The predicted molar refractivity (Wildman–Crippen MR) is 205 cm³/mol. The van der Waals surface area contributed by atoms with Crippen LogP contribution in [-0.2, 0) is 37.0 Å². The standard InChI is InChI=1S/C22H38N6O3S.C13H23N3O3S/c1-16(2)31-14-18-13-28(27-26-18)10-6-11-30-12-9-23-21(29)8-5-4-7-20-22-19(15-32-20)24-17(3)25-22;1-19-7-6-14-11(17)5-3-2-4-10-12-9(8-20-10)15-13(18)16-12/h13,16,19-20,22,24-25H,3-12,14-15H2,1-2H3,(H,23,29);9-10,12H,2-8H2,1H3,(H,14,17)(H2,15,16,18)/t19-,20-,22-;9-,10-,12-/m00/s1. The molecule has 6 N–H and O–H groups in total. The zero-order valence-corrected chi connectivity index (χ0v) is 32.8. The lowest BCUT2D eigenvalue weighted by atomic mass is 10.0. The van der Waals surface area contributed by atoms with Crippen LogP contribution in [0, 0.1) is 0 Å². The third-order valence-electron chi connectivity index (χ3n) is 9.27. The van der Waals surface area contributed by atoms with Crippen LogP contribution in [0.15, 0.2) is 18.6 Å². The van der Waals surface area contributed by atoms with Crippen molar-refractivity contribution < 1.29 is 28.6 Å². The zero-order chi connectivity index (χ0) is 37.1. The molecule has 4 fully saturated rings. The van der Waals surface area contributed by atoms with E-state index in [0.29, 0.717) is 74.9 Å². The van der Waals surface area contributed by atoms with Crippen LogP contribution in [0.25, 0.3) is 0 Å². The van der Waals surface area contributed by atoms with Crippen LogP contribution in [0.3, 0.4) is 0 Å². The molecule has 5 heterocycles. The fraction of sp³-hybridized carbons (Fsp3) is 0.800. The Morgan fingerprint density at radius 3 is 2.19 bits per heavy atom. The predicted octanol–water partition coefficient (Wildman–Crippen LogP) is 2.28. The van der Waals surface area contributed by atoms with Gasteiger partial charge in [0.05, 0.1) is 62.1 Å². The highest BCUT2D eigenvalue weighted by molar-refractivity contribution is 8.00. The minimum absolute atomic E-state index is 0.0391. The topological polar surface area (TPSA) is 182 Å². The third-order valence-corrected chi connectivity index (χ3v) is 12.3. The summed E-state index contributed by atoms with van der Waals surface area (Å²) in [5.74, 6) is 3.28. The summed E-state index contributed by atoms with van der Waals surface area (Å²) in [7, 11) is 1.62. The van der Waals surface area contributed by atoms with Gasteiger partial charge in [0.2, 0.25) is 11.8 Å². The summed E-state index contributed by atoms with van der Waals surface area (Å²) in [5, 5.41) is 27.8. The number of nitrogens with one attached hydrogen (secondary N) is 6. The first-order chi connectivity index (χ1) is 25.2. The van der Waals surface area contributed by atoms with E-state index in [0.717, 1.165) is 74.5 Å². The van der Waals surface area contributed by atoms with Crippen molar-refractivity contribution in [3.05, 3.63) is 24.3 Å². The molecule has 4 amide bonds. The SMILES string of the molecule is C=C1N[C@H]2[C@H](CS[C@H]2CCCCC(=O)NCCOCCCn2cc(COC(C)C)nn2)N1.COCCNC(=O)CCCC[C@@H]1SC[C@@H]2NC(=O)N[C@@H]21. The summed E-state index contributed by atoms with van der Waals surface area (Å²) in [6, 6.07) is 1.52. The van der Waals surface area contributed by atoms with Crippen molar-refractivity contribution in [3.8, 4) is 0 Å². The number of aromatic nitrogens is 3. The molecule has 15 nitrogen and oxygen atoms in total. The Bertz CT molecular complexity index is 1260. The third kappa shape index (κ3) is 15.0. The molecule has 0 unspecified atom stereocenters. The van der Waals surface area contributed by atoms with Gasteiger partial charge in [0.15, 0.2) is 0 Å². The second-order valence-electron chi connectivity index (χ2n) is 13.9. The number of carbonyl (C=O) groups excluding carboxylic acids is 3. The molecular formula is C35H61N9O6S2. The molecule has 52 heavy (non-hydrogen) atoms. The fourth-order valence-electron chi connectivity index (χ4n) is 6.58. The summed E-state index contributed by atoms with van der Waals surface area (Å²) in [5.41, 5.74) is 0.839. The van der Waals surface area contributed by atoms with Crippen molar-refractivity contribution in [2.24, 2.45) is 0 Å². The van der Waals surface area contributed by atoms with Gasteiger partial charge in [-0.15, -0.1) is 5.10 Å². The number of rotatable bonds is 23. The average molecular weight is 768 g/mol. The quantitative estimate of drug-likeness (QED) is 0.0708. The van der Waals surface area contributed by atoms with Gasteiger partial charge in [-0.25, -0.2) is 4.79 Å². The Morgan fingerprint density at radius 1 is 0.904 bits per heavy atom. The van der Waals surface area contributed by atoms with Crippen LogP contribution in [0.5, 0.6) is 0 Å². The number of hydrogen-bond acceptors (Lipinski definition) is 12. The maximum absolute atomic E-state index is 12.0. The van der Waals surface area contributed by atoms with E-state index in [1.165, 1.54) is 0 Å². The Labute approximate surface area is 317 Å². The number of thioether (sulfide) groups is 2. The Hall–Kier alpha value is -2.73. The maximum atomic E-state index is 12.0. The first-order valence-electron chi connectivity index (χ1n) is 18.8. The van der Waals surface area contributed by atoms with Crippen LogP contribution in [-0.4, -0.2) is 125 Å². The largest absolute Gasteiger partial charge is 0.383 e. The molecule has 1 aromatic rings. The van der Waals surface area contributed by atoms with Crippen LogP contribution in [0.2, 0.25) is 0 Å². The molecule has 0 radical (unpaired) electrons. The van der Waals surface area contributed by atoms with Crippen molar-refractivity contribution in [2.45, 2.75) is 126 Å². The van der Waals surface area contributed by atoms with E-state index in [9.17, 15) is 14.4 Å². The van der Waals surface area contributed by atoms with Gasteiger partial charge in [-0.05, 0) is 46.0 Å². The van der Waals surface area contributed by atoms with Crippen molar-refractivity contribution in [1.82, 2.24) is 46.9 Å². The van der Waals surface area contributed by atoms with E-state index in [1.807, 2.05) is 48.2 Å². The number of fused-ring (bicyclic) bond motifs is 2. The molecule has 4 aliphatic heterocycles. The Balaban J connectivity index is 0.000000259. The number of carbonyl (C=O) groups is 3. The van der Waals surface area contributed by atoms with Crippen LogP contribution < -0.4 is 31.9 Å². The van der Waals surface area contributed by atoms with Crippen molar-refractivity contribution in [3.63, 3.8) is 0 Å². The summed E-state index contributed by atoms with van der Waals surface area (Å²) in [4.78, 5) is 34.8. The monoisotopic (exact) mass is 767 g/mol. The zero-order valence-electron chi connectivity index (χ0n) is 31.2. The number of nitrogens with zero attached hydrogens (tertiary/aromatic N) is 3. The lowest BCUT2D eigenvalue weighted by molar-refractivity contribution is -0.122. The smallest absolute Gasteiger partial charge is 0.315 e. The summed E-state index contributed by atoms with van der Waals surface area (Å²) in [6.07, 6.45) is 10.2. The van der Waals surface area contributed by atoms with Gasteiger partial charge in [0, 0.05) is 68.2 Å². The van der Waals surface area contributed by atoms with E-state index in [4.69, 9.17) is 14.2 Å². The molecule has 4 aliphatic rings. The van der Waals surface area contributed by atoms with Gasteiger partial charge in [0.25, 0.3) is 0 Å². The molecule has 294 valence electrons. The number of hydrogen-bond donors (Lipinski definition) is 6. The van der Waals surface area contributed by atoms with Crippen molar-refractivity contribution in [1.29, 1.82) is 0 Å².